The Bertz CT molecular complexity index is 353. The second-order valence-electron chi connectivity index (χ2n) is 2.33. The van der Waals surface area contributed by atoms with Crippen LogP contribution in [0.1, 0.15) is 9.67 Å². The Balaban J connectivity index is 2.84. The average molecular weight is 241 g/mol. The molecule has 0 saturated heterocycles. The van der Waals surface area contributed by atoms with Gasteiger partial charge in [-0.05, 0) is 11.4 Å². The van der Waals surface area contributed by atoms with Gasteiger partial charge in [-0.1, -0.05) is 17.7 Å². The first-order valence-electron chi connectivity index (χ1n) is 3.43. The van der Waals surface area contributed by atoms with Crippen LogP contribution in [-0.4, -0.2) is 12.0 Å². The van der Waals surface area contributed by atoms with E-state index in [-0.39, 0.29) is 4.88 Å². The van der Waals surface area contributed by atoms with Crippen LogP contribution in [0.4, 0.5) is 13.2 Å². The highest BCUT2D eigenvalue weighted by Crippen LogP contribution is 2.29. The number of carbonyl (C=O) groups excluding carboxylic acids is 1. The molecule has 1 nitrogen and oxygen atoms in total. The molecule has 0 amide bonds. The first-order chi connectivity index (χ1) is 6.41. The van der Waals surface area contributed by atoms with Crippen molar-refractivity contribution in [3.05, 3.63) is 33.5 Å². The van der Waals surface area contributed by atoms with Gasteiger partial charge in [0, 0.05) is 6.08 Å². The molecule has 6 heteroatoms. The Morgan fingerprint density at radius 3 is 2.57 bits per heavy atom. The van der Waals surface area contributed by atoms with Gasteiger partial charge in [-0.25, -0.2) is 0 Å². The highest BCUT2D eigenvalue weighted by molar-refractivity contribution is 7.12. The molecule has 1 rings (SSSR count). The summed E-state index contributed by atoms with van der Waals surface area (Å²) in [7, 11) is 0. The van der Waals surface area contributed by atoms with E-state index in [2.05, 4.69) is 0 Å². The van der Waals surface area contributed by atoms with Crippen LogP contribution in [0.3, 0.4) is 0 Å². The predicted octanol–water partition coefficient (Wildman–Crippen LogP) is 3.62. The van der Waals surface area contributed by atoms with Crippen molar-refractivity contribution in [2.24, 2.45) is 0 Å². The molecule has 1 aromatic rings. The minimum atomic E-state index is -4.66. The van der Waals surface area contributed by atoms with Crippen molar-refractivity contribution in [3.63, 3.8) is 0 Å². The van der Waals surface area contributed by atoms with Crippen LogP contribution in [0, 0.1) is 0 Å². The lowest BCUT2D eigenvalue weighted by Gasteiger charge is -2.02. The topological polar surface area (TPSA) is 17.1 Å². The third-order valence-corrected chi connectivity index (χ3v) is 2.50. The second-order valence-corrected chi connectivity index (χ2v) is 3.69. The maximum absolute atomic E-state index is 11.9. The molecule has 0 unspecified atom stereocenters. The van der Waals surface area contributed by atoms with Crippen LogP contribution in [0.25, 0.3) is 0 Å². The van der Waals surface area contributed by atoms with Gasteiger partial charge in [0.1, 0.15) is 5.03 Å². The molecule has 0 atom stereocenters. The number of ketones is 1. The van der Waals surface area contributed by atoms with Crippen molar-refractivity contribution in [3.8, 4) is 0 Å². The molecule has 0 aliphatic heterocycles. The van der Waals surface area contributed by atoms with E-state index in [4.69, 9.17) is 11.6 Å². The maximum atomic E-state index is 11.9. The third-order valence-electron chi connectivity index (χ3n) is 1.29. The fourth-order valence-corrected chi connectivity index (χ4v) is 1.42. The molecule has 0 spiro atoms. The number of carbonyl (C=O) groups is 1. The number of hydrogen-bond acceptors (Lipinski definition) is 2. The van der Waals surface area contributed by atoms with E-state index in [0.717, 1.165) is 11.3 Å². The SMILES string of the molecule is O=C(/C=C(/Cl)C(F)(F)F)c1cccs1. The second kappa shape index (κ2) is 4.14. The molecule has 0 N–H and O–H groups in total. The monoisotopic (exact) mass is 240 g/mol. The number of alkyl halides is 3. The zero-order chi connectivity index (χ0) is 10.8. The highest BCUT2D eigenvalue weighted by atomic mass is 35.5. The summed E-state index contributed by atoms with van der Waals surface area (Å²) < 4.78 is 35.7. The minimum absolute atomic E-state index is 0.229. The average Bonchev–Trinajstić information content (AvgIpc) is 2.53. The van der Waals surface area contributed by atoms with Gasteiger partial charge < -0.3 is 0 Å². The molecule has 0 saturated carbocycles. The Kier molecular flexibility index (Phi) is 3.34. The van der Waals surface area contributed by atoms with Gasteiger partial charge in [0.2, 0.25) is 0 Å². The van der Waals surface area contributed by atoms with Gasteiger partial charge in [-0.3, -0.25) is 4.79 Å². The summed E-state index contributed by atoms with van der Waals surface area (Å²) in [4.78, 5) is 11.3. The number of rotatable bonds is 2. The summed E-state index contributed by atoms with van der Waals surface area (Å²) in [5.41, 5.74) is 0. The van der Waals surface area contributed by atoms with E-state index in [1.807, 2.05) is 0 Å². The van der Waals surface area contributed by atoms with Gasteiger partial charge in [0.05, 0.1) is 4.88 Å². The van der Waals surface area contributed by atoms with Crippen LogP contribution in [-0.2, 0) is 0 Å². The summed E-state index contributed by atoms with van der Waals surface area (Å²) in [6, 6.07) is 3.01. The number of halogens is 4. The standard InChI is InChI=1S/C8H4ClF3OS/c9-7(8(10,11)12)4-5(13)6-2-1-3-14-6/h1-4H/b7-4+. The molecule has 0 aromatic carbocycles. The van der Waals surface area contributed by atoms with E-state index >= 15 is 0 Å². The molecule has 76 valence electrons. The normalized spacial score (nSPS) is 13.0. The van der Waals surface area contributed by atoms with Crippen LogP contribution in [0.2, 0.25) is 0 Å². The van der Waals surface area contributed by atoms with Crippen molar-refractivity contribution < 1.29 is 18.0 Å². The van der Waals surface area contributed by atoms with Crippen LogP contribution in [0.15, 0.2) is 28.6 Å². The summed E-state index contributed by atoms with van der Waals surface area (Å²) in [6.45, 7) is 0. The van der Waals surface area contributed by atoms with Gasteiger partial charge in [0.15, 0.2) is 5.78 Å². The number of thiophene rings is 1. The first kappa shape index (κ1) is 11.3. The fourth-order valence-electron chi connectivity index (χ4n) is 0.687. The zero-order valence-electron chi connectivity index (χ0n) is 6.64. The summed E-state index contributed by atoms with van der Waals surface area (Å²) in [5.74, 6) is -0.734. The van der Waals surface area contributed by atoms with Gasteiger partial charge in [-0.2, -0.15) is 13.2 Å². The van der Waals surface area contributed by atoms with Crippen molar-refractivity contribution in [1.29, 1.82) is 0 Å². The first-order valence-corrected chi connectivity index (χ1v) is 4.69. The quantitative estimate of drug-likeness (QED) is 0.570. The van der Waals surface area contributed by atoms with Crippen molar-refractivity contribution >= 4 is 28.7 Å². The fraction of sp³-hybridized carbons (Fsp3) is 0.125. The minimum Gasteiger partial charge on any atom is -0.288 e. The van der Waals surface area contributed by atoms with Gasteiger partial charge >= 0.3 is 6.18 Å². The molecular weight excluding hydrogens is 237 g/mol. The molecular formula is C8H4ClF3OS. The van der Waals surface area contributed by atoms with Crippen molar-refractivity contribution in [2.75, 3.05) is 0 Å². The zero-order valence-corrected chi connectivity index (χ0v) is 8.21. The molecule has 1 aromatic heterocycles. The van der Waals surface area contributed by atoms with Gasteiger partial charge in [0.25, 0.3) is 0 Å². The highest BCUT2D eigenvalue weighted by Gasteiger charge is 2.33. The largest absolute Gasteiger partial charge is 0.427 e. The summed E-state index contributed by atoms with van der Waals surface area (Å²) in [6.07, 6.45) is -4.28. The van der Waals surface area contributed by atoms with Gasteiger partial charge in [-0.15, -0.1) is 11.3 Å². The van der Waals surface area contributed by atoms with Crippen LogP contribution >= 0.6 is 22.9 Å². The molecule has 1 heterocycles. The smallest absolute Gasteiger partial charge is 0.288 e. The predicted molar refractivity (Wildman–Crippen MR) is 48.6 cm³/mol. The number of hydrogen-bond donors (Lipinski definition) is 0. The molecule has 0 aliphatic carbocycles. The molecule has 0 aliphatic rings. The summed E-state index contributed by atoms with van der Waals surface area (Å²) in [5, 5.41) is 0.193. The van der Waals surface area contributed by atoms with Crippen molar-refractivity contribution in [2.45, 2.75) is 6.18 Å². The molecule has 0 fully saturated rings. The van der Waals surface area contributed by atoms with Crippen LogP contribution in [0.5, 0.6) is 0 Å². The lowest BCUT2D eigenvalue weighted by molar-refractivity contribution is -0.0845. The van der Waals surface area contributed by atoms with E-state index in [1.54, 1.807) is 11.4 Å². The van der Waals surface area contributed by atoms with E-state index in [1.165, 1.54) is 6.07 Å². The molecule has 0 bridgehead atoms. The van der Waals surface area contributed by atoms with E-state index in [9.17, 15) is 18.0 Å². The van der Waals surface area contributed by atoms with Crippen molar-refractivity contribution in [1.82, 2.24) is 0 Å². The van der Waals surface area contributed by atoms with E-state index < -0.39 is 17.0 Å². The maximum Gasteiger partial charge on any atom is 0.427 e. The lowest BCUT2D eigenvalue weighted by atomic mass is 10.3. The Labute approximate surface area is 86.8 Å². The van der Waals surface area contributed by atoms with Crippen LogP contribution < -0.4 is 0 Å². The third kappa shape index (κ3) is 2.85. The number of allylic oxidation sites excluding steroid dienone is 2. The Hall–Kier alpha value is -0.810. The molecule has 14 heavy (non-hydrogen) atoms. The van der Waals surface area contributed by atoms with E-state index in [0.29, 0.717) is 6.08 Å². The lowest BCUT2D eigenvalue weighted by Crippen LogP contribution is -2.08. The Morgan fingerprint density at radius 1 is 1.50 bits per heavy atom. The molecule has 0 radical (unpaired) electrons. The summed E-state index contributed by atoms with van der Waals surface area (Å²) >= 11 is 5.95. The Morgan fingerprint density at radius 2 is 2.14 bits per heavy atom.